The molecule has 2 aromatic carbocycles. The number of hydrogen-bond acceptors (Lipinski definition) is 5. The minimum Gasteiger partial charge on any atom is -0.383 e. The van der Waals surface area contributed by atoms with Gasteiger partial charge in [0.1, 0.15) is 5.82 Å². The first-order chi connectivity index (χ1) is 15.4. The van der Waals surface area contributed by atoms with E-state index in [1.165, 1.54) is 16.0 Å². The molecule has 0 aliphatic heterocycles. The number of sulfonamides is 1. The van der Waals surface area contributed by atoms with Crippen LogP contribution >= 0.6 is 11.6 Å². The van der Waals surface area contributed by atoms with Gasteiger partial charge in [-0.15, -0.1) is 0 Å². The Hall–Kier alpha value is -2.26. The molecule has 0 aliphatic rings. The van der Waals surface area contributed by atoms with Crippen LogP contribution in [0.1, 0.15) is 45.1 Å². The van der Waals surface area contributed by atoms with Crippen LogP contribution in [0.3, 0.4) is 0 Å². The van der Waals surface area contributed by atoms with Crippen molar-refractivity contribution in [3.8, 4) is 0 Å². The number of methoxy groups -OCH3 is 1. The van der Waals surface area contributed by atoms with Gasteiger partial charge in [-0.2, -0.15) is 4.31 Å². The van der Waals surface area contributed by atoms with E-state index in [4.69, 9.17) is 16.3 Å². The molecule has 3 aromatic rings. The second kappa shape index (κ2) is 9.54. The molecule has 1 heterocycles. The molecule has 9 heteroatoms. The predicted molar refractivity (Wildman–Crippen MR) is 131 cm³/mol. The molecular weight excluding hydrogens is 462 g/mol. The first-order valence-corrected chi connectivity index (χ1v) is 12.5. The Labute approximate surface area is 200 Å². The van der Waals surface area contributed by atoms with Crippen LogP contribution < -0.4 is 5.56 Å². The lowest BCUT2D eigenvalue weighted by atomic mass is 9.87. The van der Waals surface area contributed by atoms with Crippen LogP contribution in [-0.2, 0) is 27.2 Å². The molecule has 0 saturated heterocycles. The fourth-order valence-corrected chi connectivity index (χ4v) is 5.48. The van der Waals surface area contributed by atoms with E-state index in [0.29, 0.717) is 21.7 Å². The molecule has 0 bridgehead atoms. The molecule has 1 atom stereocenters. The van der Waals surface area contributed by atoms with Crippen LogP contribution in [0.4, 0.5) is 0 Å². The number of halogens is 1. The highest BCUT2D eigenvalue weighted by Crippen LogP contribution is 2.29. The van der Waals surface area contributed by atoms with E-state index in [-0.39, 0.29) is 29.0 Å². The van der Waals surface area contributed by atoms with Crippen LogP contribution in [-0.4, -0.2) is 42.5 Å². The van der Waals surface area contributed by atoms with Gasteiger partial charge in [0, 0.05) is 25.7 Å². The fraction of sp³-hybridized carbons (Fsp3) is 0.417. The maximum Gasteiger partial charge on any atom is 0.261 e. The van der Waals surface area contributed by atoms with Gasteiger partial charge in [-0.25, -0.2) is 13.4 Å². The molecule has 7 nitrogen and oxygen atoms in total. The third-order valence-electron chi connectivity index (χ3n) is 5.72. The summed E-state index contributed by atoms with van der Waals surface area (Å²) in [5.74, 6) is 0.334. The molecule has 0 amide bonds. The van der Waals surface area contributed by atoms with E-state index in [9.17, 15) is 13.2 Å². The van der Waals surface area contributed by atoms with Crippen molar-refractivity contribution >= 4 is 32.5 Å². The van der Waals surface area contributed by atoms with E-state index in [0.717, 1.165) is 5.56 Å². The van der Waals surface area contributed by atoms with Crippen LogP contribution in [0.25, 0.3) is 10.9 Å². The smallest absolute Gasteiger partial charge is 0.261 e. The van der Waals surface area contributed by atoms with Gasteiger partial charge in [-0.1, -0.05) is 44.5 Å². The van der Waals surface area contributed by atoms with E-state index in [1.54, 1.807) is 44.3 Å². The summed E-state index contributed by atoms with van der Waals surface area (Å²) >= 11 is 6.04. The predicted octanol–water partition coefficient (Wildman–Crippen LogP) is 4.28. The summed E-state index contributed by atoms with van der Waals surface area (Å²) in [5, 5.41) is 0.815. The number of ether oxygens (including phenoxy) is 1. The third kappa shape index (κ3) is 5.14. The van der Waals surface area contributed by atoms with Crippen LogP contribution in [0, 0.1) is 0 Å². The van der Waals surface area contributed by atoms with Gasteiger partial charge < -0.3 is 4.74 Å². The van der Waals surface area contributed by atoms with Crippen molar-refractivity contribution in [2.75, 3.05) is 20.3 Å². The van der Waals surface area contributed by atoms with Gasteiger partial charge in [-0.05, 0) is 48.2 Å². The lowest BCUT2D eigenvalue weighted by Crippen LogP contribution is -2.39. The summed E-state index contributed by atoms with van der Waals surface area (Å²) in [6.07, 6.45) is 0. The molecule has 1 unspecified atom stereocenters. The topological polar surface area (TPSA) is 81.5 Å². The van der Waals surface area contributed by atoms with E-state index < -0.39 is 16.1 Å². The Bertz CT molecular complexity index is 1310. The molecule has 1 aromatic heterocycles. The van der Waals surface area contributed by atoms with Gasteiger partial charge in [0.15, 0.2) is 0 Å². The van der Waals surface area contributed by atoms with E-state index in [1.807, 2.05) is 12.1 Å². The Kier molecular flexibility index (Phi) is 7.33. The first kappa shape index (κ1) is 25.4. The van der Waals surface area contributed by atoms with Gasteiger partial charge in [0.05, 0.1) is 28.4 Å². The lowest BCUT2D eigenvalue weighted by molar-refractivity contribution is 0.166. The zero-order valence-corrected chi connectivity index (χ0v) is 21.4. The number of benzene rings is 2. The summed E-state index contributed by atoms with van der Waals surface area (Å²) in [6.45, 7) is 8.24. The largest absolute Gasteiger partial charge is 0.383 e. The zero-order chi connectivity index (χ0) is 24.6. The number of rotatable bonds is 7. The Morgan fingerprint density at radius 2 is 1.79 bits per heavy atom. The second-order valence-corrected chi connectivity index (χ2v) is 11.4. The van der Waals surface area contributed by atoms with Crippen molar-refractivity contribution in [2.24, 2.45) is 7.05 Å². The zero-order valence-electron chi connectivity index (χ0n) is 19.8. The highest BCUT2D eigenvalue weighted by atomic mass is 35.5. The number of aromatic nitrogens is 2. The van der Waals surface area contributed by atoms with Crippen molar-refractivity contribution in [1.82, 2.24) is 13.9 Å². The highest BCUT2D eigenvalue weighted by molar-refractivity contribution is 7.89. The first-order valence-electron chi connectivity index (χ1n) is 10.7. The molecule has 0 spiro atoms. The Morgan fingerprint density at radius 3 is 2.36 bits per heavy atom. The normalized spacial score (nSPS) is 13.6. The second-order valence-electron chi connectivity index (χ2n) is 9.05. The van der Waals surface area contributed by atoms with Gasteiger partial charge >= 0.3 is 0 Å². The molecule has 3 rings (SSSR count). The highest BCUT2D eigenvalue weighted by Gasteiger charge is 2.32. The minimum absolute atomic E-state index is 0.0957. The minimum atomic E-state index is -3.90. The van der Waals surface area contributed by atoms with Gasteiger partial charge in [-0.3, -0.25) is 9.36 Å². The average Bonchev–Trinajstić information content (AvgIpc) is 2.76. The fourth-order valence-electron chi connectivity index (χ4n) is 3.73. The quantitative estimate of drug-likeness (QED) is 0.492. The summed E-state index contributed by atoms with van der Waals surface area (Å²) in [5.41, 5.74) is 1.11. The molecule has 0 fully saturated rings. The summed E-state index contributed by atoms with van der Waals surface area (Å²) in [7, 11) is -0.796. The summed E-state index contributed by atoms with van der Waals surface area (Å²) in [6, 6.07) is 11.1. The van der Waals surface area contributed by atoms with Crippen molar-refractivity contribution in [3.63, 3.8) is 0 Å². The average molecular weight is 492 g/mol. The lowest BCUT2D eigenvalue weighted by Gasteiger charge is -2.29. The van der Waals surface area contributed by atoms with E-state index in [2.05, 4.69) is 25.8 Å². The van der Waals surface area contributed by atoms with Crippen LogP contribution in [0.5, 0.6) is 0 Å². The standard InChI is InChI=1S/C24H30ClN3O4S/c1-16(22-26-21-12-9-18(25)15-20(21)23(29)27(22)5)28(13-14-32-6)33(30,31)19-10-7-17(8-11-19)24(2,3)4/h7-12,15-16H,13-14H2,1-6H3. The number of hydrogen-bond donors (Lipinski definition) is 0. The monoisotopic (exact) mass is 491 g/mol. The van der Waals surface area contributed by atoms with Gasteiger partial charge in [0.25, 0.3) is 5.56 Å². The molecule has 33 heavy (non-hydrogen) atoms. The maximum absolute atomic E-state index is 13.7. The number of fused-ring (bicyclic) bond motifs is 1. The van der Waals surface area contributed by atoms with Crippen molar-refractivity contribution in [2.45, 2.75) is 44.0 Å². The maximum atomic E-state index is 13.7. The number of nitrogens with zero attached hydrogens (tertiary/aromatic N) is 3. The van der Waals surface area contributed by atoms with Crippen molar-refractivity contribution < 1.29 is 13.2 Å². The Morgan fingerprint density at radius 1 is 1.15 bits per heavy atom. The Balaban J connectivity index is 2.10. The van der Waals surface area contributed by atoms with Crippen LogP contribution in [0.2, 0.25) is 5.02 Å². The summed E-state index contributed by atoms with van der Waals surface area (Å²) < 4.78 is 35.2. The van der Waals surface area contributed by atoms with E-state index >= 15 is 0 Å². The van der Waals surface area contributed by atoms with Crippen molar-refractivity contribution in [3.05, 3.63) is 69.2 Å². The summed E-state index contributed by atoms with van der Waals surface area (Å²) in [4.78, 5) is 17.8. The van der Waals surface area contributed by atoms with Crippen LogP contribution in [0.15, 0.2) is 52.2 Å². The molecule has 0 radical (unpaired) electrons. The molecular formula is C24H30ClN3O4S. The molecule has 0 N–H and O–H groups in total. The van der Waals surface area contributed by atoms with Crippen molar-refractivity contribution in [1.29, 1.82) is 0 Å². The molecule has 178 valence electrons. The SMILES string of the molecule is COCCN(C(C)c1nc2ccc(Cl)cc2c(=O)n1C)S(=O)(=O)c1ccc(C(C)(C)C)cc1. The third-order valence-corrected chi connectivity index (χ3v) is 7.94. The molecule has 0 saturated carbocycles. The van der Waals surface area contributed by atoms with Gasteiger partial charge in [0.2, 0.25) is 10.0 Å². The molecule has 0 aliphatic carbocycles.